The van der Waals surface area contributed by atoms with Crippen molar-refractivity contribution in [2.75, 3.05) is 195 Å². The van der Waals surface area contributed by atoms with Crippen molar-refractivity contribution in [2.24, 2.45) is 134 Å². The maximum absolute atomic E-state index is 12.0. The zero-order chi connectivity index (χ0) is 105. The van der Waals surface area contributed by atoms with E-state index >= 15 is 0 Å². The number of Topliss-reactive ketones (excluding diaryl/α,β-unsaturated/α-hetero) is 5. The summed E-state index contributed by atoms with van der Waals surface area (Å²) in [6.45, 7) is 58.7. The molecule has 0 aromatic carbocycles. The minimum atomic E-state index is -3.02. The highest BCUT2D eigenvalue weighted by Crippen LogP contribution is 2.35. The van der Waals surface area contributed by atoms with Gasteiger partial charge < -0.3 is 138 Å². The van der Waals surface area contributed by atoms with Crippen LogP contribution in [-0.2, 0) is 95.7 Å². The predicted molar refractivity (Wildman–Crippen MR) is 539 cm³/mol. The third-order valence-corrected chi connectivity index (χ3v) is 27.4. The molecule has 1 aliphatic carbocycles. The molecule has 792 valence electrons. The Bertz CT molecular complexity index is 3330. The number of nitrogens with one attached hydrogen (secondary N) is 2. The highest BCUT2D eigenvalue weighted by molar-refractivity contribution is 8.01. The summed E-state index contributed by atoms with van der Waals surface area (Å²) in [7, 11) is -4.85. The summed E-state index contributed by atoms with van der Waals surface area (Å²) >= 11 is 0. The van der Waals surface area contributed by atoms with E-state index in [1.807, 2.05) is 55.4 Å². The number of carboxylic acid groups (broad SMARTS) is 1. The third-order valence-electron chi connectivity index (χ3n) is 23.5. The molecule has 30 N–H and O–H groups in total. The first kappa shape index (κ1) is 139. The Morgan fingerprint density at radius 3 is 1.05 bits per heavy atom. The summed E-state index contributed by atoms with van der Waals surface area (Å²) in [5, 5.41) is 22.7. The van der Waals surface area contributed by atoms with Gasteiger partial charge in [0.25, 0.3) is 0 Å². The molecule has 1 saturated carbocycles. The quantitative estimate of drug-likeness (QED) is 0.0217. The molecule has 0 bridgehead atoms. The Kier molecular flexibility index (Phi) is 72.5. The molecular weight excluding hydrogens is 1750 g/mol. The highest BCUT2D eigenvalue weighted by Gasteiger charge is 2.42. The van der Waals surface area contributed by atoms with Crippen LogP contribution in [0, 0.1) is 59.6 Å². The summed E-state index contributed by atoms with van der Waals surface area (Å²) < 4.78 is 68.7. The fraction of sp³-hybridized carbons (Fsp3) is 0.895. The van der Waals surface area contributed by atoms with E-state index < -0.39 is 41.7 Å². The van der Waals surface area contributed by atoms with Crippen LogP contribution in [-0.4, -0.2) is 293 Å². The van der Waals surface area contributed by atoms with Crippen molar-refractivity contribution in [2.45, 2.75) is 291 Å². The fourth-order valence-corrected chi connectivity index (χ4v) is 15.6. The molecule has 38 heteroatoms. The molecule has 7 rings (SSSR count). The topological polar surface area (TPSA) is 672 Å². The van der Waals surface area contributed by atoms with Crippen LogP contribution >= 0.6 is 0 Å². The van der Waals surface area contributed by atoms with Crippen LogP contribution in [0.2, 0.25) is 0 Å². The van der Waals surface area contributed by atoms with Gasteiger partial charge in [-0.05, 0) is 214 Å². The summed E-state index contributed by atoms with van der Waals surface area (Å²) in [5.41, 5.74) is 69.7. The number of hydrogen-bond acceptors (Lipinski definition) is 33. The fourth-order valence-electron chi connectivity index (χ4n) is 12.5. The van der Waals surface area contributed by atoms with Gasteiger partial charge in [0, 0.05) is 144 Å². The van der Waals surface area contributed by atoms with E-state index in [2.05, 4.69) is 65.0 Å². The predicted octanol–water partition coefficient (Wildman–Crippen LogP) is 5.12. The van der Waals surface area contributed by atoms with E-state index in [0.717, 1.165) is 97.1 Å². The normalized spacial score (nSPS) is 17.9. The second-order valence-electron chi connectivity index (χ2n) is 42.4. The maximum Gasteiger partial charge on any atom is 0.307 e. The number of ether oxygens (including phenoxy) is 7. The Morgan fingerprint density at radius 2 is 0.842 bits per heavy atom. The number of ketones is 5. The maximum atomic E-state index is 12.0. The number of amides is 2. The molecular formula is C95H199N15O21S2. The van der Waals surface area contributed by atoms with E-state index in [0.29, 0.717) is 172 Å². The lowest BCUT2D eigenvalue weighted by Crippen LogP contribution is -2.58. The largest absolute Gasteiger partial charge is 0.481 e. The van der Waals surface area contributed by atoms with Crippen LogP contribution in [0.25, 0.3) is 0 Å². The number of carbonyl (C=O) groups is 9. The number of aliphatic carboxylic acids is 1. The molecule has 36 nitrogen and oxygen atoms in total. The number of nitrogens with two attached hydrogens (primary N) is 13. The van der Waals surface area contributed by atoms with Crippen molar-refractivity contribution >= 4 is 77.9 Å². The van der Waals surface area contributed by atoms with E-state index in [-0.39, 0.29) is 128 Å². The van der Waals surface area contributed by atoms with Gasteiger partial charge in [-0.25, -0.2) is 8.42 Å². The van der Waals surface area contributed by atoms with Crippen molar-refractivity contribution < 1.29 is 99.1 Å². The molecule has 0 aromatic rings. The van der Waals surface area contributed by atoms with Gasteiger partial charge in [-0.1, -0.05) is 117 Å². The number of sulfone groups is 1. The molecule has 0 aromatic heterocycles. The summed E-state index contributed by atoms with van der Waals surface area (Å²) in [6, 6.07) is 0. The van der Waals surface area contributed by atoms with E-state index in [4.69, 9.17) is 118 Å². The SMILES string of the molecule is C=S(=O)(CC(C)(C)CN)C1CC1.CC(=O)C(C)(C)CCN.CC(=O)C1(CN)CCOCC1.CC(=O)C1(CN)CCOCC1.CC(=O)CC(C)(C)CN.CC(=O)CC(C)(C)CN.CC(C)(C)CN.CC(C)(CN)C(=O)NCCS(C)(=O)=O.CC(C)(CN)CC(=O)O.CCCC1(CN)COC1.CCCC1(N)COC1.CCOC(=O)CC1(N)COC1.NCC1(C(=O)NCCCO)CCOCC1. The van der Waals surface area contributed by atoms with Crippen LogP contribution in [0.4, 0.5) is 0 Å². The molecule has 7 fully saturated rings. The summed E-state index contributed by atoms with van der Waals surface area (Å²) in [4.78, 5) is 98.7. The standard InChI is InChI=1S/C10H20N2O3.C9H19NOS.C8H18N2O3S.2C8H15NO2.C7H13NO3.4C7H15NO.C6H13NO2.C6H13NO.C5H13N/c11-8-10(2-6-15-7-3-10)9(14)12-4-1-5-13;1-9(2,6-10)7-12(3,11)8-4-5-8;1-8(2,6-9)7(11)10-4-5-14(3,12)13;2*1-7(10)8(6-9)2-4-11-5-3-8;1-2-11-6(9)3-7(8)4-10-5-7;1-2-3-7(4-8)5-9-6-7;2*1-6(9)4-7(2,3)5-8;1-6(9)7(2,3)4-5-8;1-6(2,4-7)3-5(8)9;1-2-3-6(7)4-8-5-6;1-5(2,3)4-6/h13H,1-8,11H2,(H,12,14);8H,3-7,10H2,1-2H3;4-6,9H2,1-3H3,(H,10,11);2*2-6,9H2,1H3;2-5,8H2,1H3;2-6,8H2,1H3;3*4-5,8H2,1-3H3;3-4,7H2,1-2H3,(H,8,9);2-5,7H2,1H3;4,6H2,1-3H3. The monoisotopic (exact) mass is 1950 g/mol. The molecule has 6 aliphatic heterocycles. The van der Waals surface area contributed by atoms with E-state index in [1.165, 1.54) is 19.3 Å². The molecule has 6 heterocycles. The molecule has 0 spiro atoms. The third kappa shape index (κ3) is 68.2. The number of hydrogen-bond donors (Lipinski definition) is 17. The zero-order valence-corrected chi connectivity index (χ0v) is 89.1. The minimum Gasteiger partial charge on any atom is -0.481 e. The first-order valence-electron chi connectivity index (χ1n) is 47.3. The average molecular weight is 1950 g/mol. The number of carbonyl (C=O) groups excluding carboxylic acids is 8. The Labute approximate surface area is 804 Å². The van der Waals surface area contributed by atoms with E-state index in [9.17, 15) is 55.8 Å². The Balaban J connectivity index is -0.000000330. The van der Waals surface area contributed by atoms with Crippen LogP contribution in [0.15, 0.2) is 0 Å². The van der Waals surface area contributed by atoms with Crippen LogP contribution in [0.5, 0.6) is 0 Å². The first-order valence-corrected chi connectivity index (χ1v) is 51.3. The van der Waals surface area contributed by atoms with Gasteiger partial charge in [0.2, 0.25) is 11.8 Å². The second kappa shape index (κ2) is 69.3. The zero-order valence-electron chi connectivity index (χ0n) is 87.5. The Hall–Kier alpha value is -4.60. The van der Waals surface area contributed by atoms with Crippen molar-refractivity contribution in [3.63, 3.8) is 0 Å². The number of carboxylic acids is 1. The van der Waals surface area contributed by atoms with Gasteiger partial charge in [0.1, 0.15) is 38.8 Å². The molecule has 1 atom stereocenters. The smallest absolute Gasteiger partial charge is 0.307 e. The van der Waals surface area contributed by atoms with Crippen molar-refractivity contribution in [3.8, 4) is 0 Å². The van der Waals surface area contributed by atoms with Gasteiger partial charge >= 0.3 is 11.9 Å². The molecule has 6 saturated heterocycles. The molecule has 2 amide bonds. The van der Waals surface area contributed by atoms with Crippen molar-refractivity contribution in [3.05, 3.63) is 0 Å². The van der Waals surface area contributed by atoms with Gasteiger partial charge in [-0.3, -0.25) is 37.8 Å². The highest BCUT2D eigenvalue weighted by atomic mass is 32.2. The molecule has 0 radical (unpaired) electrons. The number of rotatable bonds is 38. The van der Waals surface area contributed by atoms with Crippen molar-refractivity contribution in [1.82, 2.24) is 10.6 Å². The number of aliphatic hydroxyl groups is 1. The molecule has 133 heavy (non-hydrogen) atoms. The minimum absolute atomic E-state index is 0.00162. The number of aliphatic hydroxyl groups excluding tert-OH is 1. The van der Waals surface area contributed by atoms with Gasteiger partial charge in [-0.2, -0.15) is 0 Å². The van der Waals surface area contributed by atoms with E-state index in [1.54, 1.807) is 55.4 Å². The summed E-state index contributed by atoms with van der Waals surface area (Å²) in [6.07, 6.45) is 15.5. The molecule has 7 aliphatic rings. The lowest BCUT2D eigenvalue weighted by molar-refractivity contribution is -0.150. The van der Waals surface area contributed by atoms with Gasteiger partial charge in [-0.15, -0.1) is 0 Å². The first-order chi connectivity index (χ1) is 61.0. The lowest BCUT2D eigenvalue weighted by Gasteiger charge is -2.40. The Morgan fingerprint density at radius 1 is 0.474 bits per heavy atom. The second-order valence-corrected chi connectivity index (χ2v) is 47.3. The number of esters is 1. The van der Waals surface area contributed by atoms with Gasteiger partial charge in [0.05, 0.1) is 86.8 Å². The average Bonchev–Trinajstić information content (AvgIpc) is 1.47. The van der Waals surface area contributed by atoms with Crippen molar-refractivity contribution in [1.29, 1.82) is 0 Å². The van der Waals surface area contributed by atoms with Crippen LogP contribution in [0.1, 0.15) is 275 Å². The summed E-state index contributed by atoms with van der Waals surface area (Å²) in [5.74, 6) is 4.30. The van der Waals surface area contributed by atoms with Crippen LogP contribution < -0.4 is 85.2 Å². The van der Waals surface area contributed by atoms with Crippen LogP contribution in [0.3, 0.4) is 0 Å². The molecule has 1 unspecified atom stereocenters. The van der Waals surface area contributed by atoms with Gasteiger partial charge in [0.15, 0.2) is 0 Å². The lowest BCUT2D eigenvalue weighted by atomic mass is 9.77.